The topological polar surface area (TPSA) is 99.8 Å². The zero-order valence-corrected chi connectivity index (χ0v) is 18.2. The van der Waals surface area contributed by atoms with E-state index in [4.69, 9.17) is 33.3 Å². The Morgan fingerprint density at radius 2 is 1.84 bits per heavy atom. The molecule has 0 atom stereocenters. The molecule has 0 saturated carbocycles. The number of carbonyl (C=O) groups is 3. The van der Waals surface area contributed by atoms with E-state index in [1.807, 2.05) is 19.1 Å². The second-order valence-corrected chi connectivity index (χ2v) is 7.79. The van der Waals surface area contributed by atoms with Crippen LogP contribution in [0.25, 0.3) is 17.4 Å². The number of hydrogen-bond donors (Lipinski definition) is 2. The molecule has 1 fully saturated rings. The minimum atomic E-state index is -1.13. The van der Waals surface area contributed by atoms with Gasteiger partial charge in [0.1, 0.15) is 17.1 Å². The molecule has 2 aromatic carbocycles. The summed E-state index contributed by atoms with van der Waals surface area (Å²) >= 11 is 11.2. The molecule has 160 valence electrons. The second-order valence-electron chi connectivity index (χ2n) is 7.00. The number of nitrogens with zero attached hydrogens (tertiary/aromatic N) is 1. The Morgan fingerprint density at radius 1 is 1.12 bits per heavy atom. The first-order valence-corrected chi connectivity index (χ1v) is 10.1. The van der Waals surface area contributed by atoms with Gasteiger partial charge < -0.3 is 9.52 Å². The van der Waals surface area contributed by atoms with Gasteiger partial charge in [0.25, 0.3) is 11.8 Å². The summed E-state index contributed by atoms with van der Waals surface area (Å²) in [5, 5.41) is 11.7. The van der Waals surface area contributed by atoms with E-state index in [9.17, 15) is 14.4 Å². The number of furan rings is 1. The van der Waals surface area contributed by atoms with Crippen molar-refractivity contribution < 1.29 is 23.9 Å². The van der Waals surface area contributed by atoms with Gasteiger partial charge >= 0.3 is 5.97 Å². The standard InChI is InChI=1S/C23H15ClN2O5S/c1-12-2-5-14(6-3-12)26-21(28)17(20(27)25-23(26)32)11-15-7-9-19(31-15)13-4-8-16(22(29)30)18(24)10-13/h2-11H,1H3,(H,29,30)(H,25,27,32)/b17-11+. The van der Waals surface area contributed by atoms with E-state index in [1.54, 1.807) is 30.3 Å². The van der Waals surface area contributed by atoms with E-state index in [2.05, 4.69) is 5.32 Å². The first kappa shape index (κ1) is 21.5. The van der Waals surface area contributed by atoms with Gasteiger partial charge in [-0.25, -0.2) is 4.79 Å². The summed E-state index contributed by atoms with van der Waals surface area (Å²) in [4.78, 5) is 37.9. The highest BCUT2D eigenvalue weighted by molar-refractivity contribution is 7.80. The molecule has 4 rings (SSSR count). The Morgan fingerprint density at radius 3 is 2.50 bits per heavy atom. The number of halogens is 1. The zero-order valence-electron chi connectivity index (χ0n) is 16.6. The van der Waals surface area contributed by atoms with E-state index >= 15 is 0 Å². The third-order valence-corrected chi connectivity index (χ3v) is 5.39. The van der Waals surface area contributed by atoms with Crippen LogP contribution in [0.2, 0.25) is 5.02 Å². The first-order chi connectivity index (χ1) is 15.2. The summed E-state index contributed by atoms with van der Waals surface area (Å²) in [6, 6.07) is 14.8. The Hall–Kier alpha value is -3.75. The summed E-state index contributed by atoms with van der Waals surface area (Å²) in [6.07, 6.45) is 1.33. The number of carboxylic acids is 1. The van der Waals surface area contributed by atoms with Crippen molar-refractivity contribution in [1.29, 1.82) is 0 Å². The fourth-order valence-electron chi connectivity index (χ4n) is 3.16. The zero-order chi connectivity index (χ0) is 23.0. The van der Waals surface area contributed by atoms with Gasteiger partial charge in [-0.2, -0.15) is 0 Å². The molecular formula is C23H15ClN2O5S. The van der Waals surface area contributed by atoms with Gasteiger partial charge in [-0.3, -0.25) is 19.8 Å². The van der Waals surface area contributed by atoms with Gasteiger partial charge in [-0.1, -0.05) is 35.4 Å². The van der Waals surface area contributed by atoms with E-state index in [0.29, 0.717) is 17.0 Å². The number of carbonyl (C=O) groups excluding carboxylic acids is 2. The number of anilines is 1. The largest absolute Gasteiger partial charge is 0.478 e. The first-order valence-electron chi connectivity index (χ1n) is 9.36. The maximum Gasteiger partial charge on any atom is 0.337 e. The minimum Gasteiger partial charge on any atom is -0.478 e. The van der Waals surface area contributed by atoms with Crippen LogP contribution in [0.15, 0.2) is 64.6 Å². The maximum atomic E-state index is 13.1. The predicted octanol–water partition coefficient (Wildman–Crippen LogP) is 4.44. The second kappa shape index (κ2) is 8.41. The number of nitrogens with one attached hydrogen (secondary N) is 1. The van der Waals surface area contributed by atoms with Gasteiger partial charge in [0.2, 0.25) is 0 Å². The Kier molecular flexibility index (Phi) is 5.65. The van der Waals surface area contributed by atoms with E-state index in [-0.39, 0.29) is 27.0 Å². The molecule has 2 amide bonds. The van der Waals surface area contributed by atoms with Crippen molar-refractivity contribution in [2.45, 2.75) is 6.92 Å². The summed E-state index contributed by atoms with van der Waals surface area (Å²) < 4.78 is 5.74. The van der Waals surface area contributed by atoms with Crippen molar-refractivity contribution in [2.75, 3.05) is 4.90 Å². The van der Waals surface area contributed by atoms with Gasteiger partial charge in [0, 0.05) is 5.56 Å². The number of rotatable bonds is 4. The smallest absolute Gasteiger partial charge is 0.337 e. The summed E-state index contributed by atoms with van der Waals surface area (Å²) in [5.74, 6) is -1.69. The highest BCUT2D eigenvalue weighted by Gasteiger charge is 2.34. The van der Waals surface area contributed by atoms with E-state index < -0.39 is 17.8 Å². The maximum absolute atomic E-state index is 13.1. The van der Waals surface area contributed by atoms with Crippen LogP contribution in [-0.4, -0.2) is 28.0 Å². The molecule has 9 heteroatoms. The Labute approximate surface area is 192 Å². The van der Waals surface area contributed by atoms with Crippen LogP contribution in [0.3, 0.4) is 0 Å². The highest BCUT2D eigenvalue weighted by Crippen LogP contribution is 2.29. The van der Waals surface area contributed by atoms with Gasteiger partial charge in [0.05, 0.1) is 16.3 Å². The third kappa shape index (κ3) is 4.05. The lowest BCUT2D eigenvalue weighted by Crippen LogP contribution is -2.54. The lowest BCUT2D eigenvalue weighted by molar-refractivity contribution is -0.122. The van der Waals surface area contributed by atoms with Crippen LogP contribution in [0, 0.1) is 6.92 Å². The van der Waals surface area contributed by atoms with Gasteiger partial charge in [-0.05, 0) is 61.6 Å². The molecule has 0 aliphatic carbocycles. The van der Waals surface area contributed by atoms with Crippen LogP contribution >= 0.6 is 23.8 Å². The summed E-state index contributed by atoms with van der Waals surface area (Å²) in [5.41, 5.74) is 1.93. The molecule has 3 aromatic rings. The molecule has 1 aromatic heterocycles. The molecule has 0 bridgehead atoms. The van der Waals surface area contributed by atoms with Crippen LogP contribution in [0.1, 0.15) is 21.7 Å². The quantitative estimate of drug-likeness (QED) is 0.335. The number of hydrogen-bond acceptors (Lipinski definition) is 5. The molecule has 2 N–H and O–H groups in total. The fraction of sp³-hybridized carbons (Fsp3) is 0.0435. The van der Waals surface area contributed by atoms with E-state index in [0.717, 1.165) is 5.56 Å². The molecule has 7 nitrogen and oxygen atoms in total. The number of carboxylic acid groups (broad SMARTS) is 1. The average molecular weight is 467 g/mol. The fourth-order valence-corrected chi connectivity index (χ4v) is 3.70. The number of amides is 2. The van der Waals surface area contributed by atoms with Crippen LogP contribution in [0.5, 0.6) is 0 Å². The van der Waals surface area contributed by atoms with E-state index in [1.165, 1.54) is 23.1 Å². The minimum absolute atomic E-state index is 0.00528. The van der Waals surface area contributed by atoms with Crippen molar-refractivity contribution in [1.82, 2.24) is 5.32 Å². The van der Waals surface area contributed by atoms with Crippen LogP contribution < -0.4 is 10.2 Å². The number of aromatic carboxylic acids is 1. The lowest BCUT2D eigenvalue weighted by Gasteiger charge is -2.28. The van der Waals surface area contributed by atoms with Crippen molar-refractivity contribution in [3.63, 3.8) is 0 Å². The normalized spacial score (nSPS) is 15.2. The lowest BCUT2D eigenvalue weighted by atomic mass is 10.1. The number of aryl methyl sites for hydroxylation is 1. The number of thiocarbonyl (C=S) groups is 1. The van der Waals surface area contributed by atoms with Crippen molar-refractivity contribution in [3.05, 3.63) is 82.1 Å². The van der Waals surface area contributed by atoms with Crippen LogP contribution in [-0.2, 0) is 9.59 Å². The molecule has 32 heavy (non-hydrogen) atoms. The van der Waals surface area contributed by atoms with Gasteiger partial charge in [0.15, 0.2) is 5.11 Å². The van der Waals surface area contributed by atoms with Gasteiger partial charge in [-0.15, -0.1) is 0 Å². The number of benzene rings is 2. The van der Waals surface area contributed by atoms with Crippen LogP contribution in [0.4, 0.5) is 5.69 Å². The van der Waals surface area contributed by atoms with Crippen molar-refractivity contribution in [3.8, 4) is 11.3 Å². The highest BCUT2D eigenvalue weighted by atomic mass is 35.5. The molecular weight excluding hydrogens is 452 g/mol. The summed E-state index contributed by atoms with van der Waals surface area (Å²) in [7, 11) is 0. The molecule has 1 aliphatic rings. The predicted molar refractivity (Wildman–Crippen MR) is 123 cm³/mol. The molecule has 0 radical (unpaired) electrons. The van der Waals surface area contributed by atoms with Crippen molar-refractivity contribution in [2.24, 2.45) is 0 Å². The third-order valence-electron chi connectivity index (χ3n) is 4.79. The molecule has 1 aliphatic heterocycles. The van der Waals surface area contributed by atoms with Crippen molar-refractivity contribution >= 4 is 58.5 Å². The molecule has 1 saturated heterocycles. The average Bonchev–Trinajstić information content (AvgIpc) is 3.21. The Bertz CT molecular complexity index is 1310. The summed E-state index contributed by atoms with van der Waals surface area (Å²) in [6.45, 7) is 1.92. The monoisotopic (exact) mass is 466 g/mol. The molecule has 0 spiro atoms. The molecule has 2 heterocycles. The molecule has 0 unspecified atom stereocenters. The SMILES string of the molecule is Cc1ccc(N2C(=O)/C(=C/c3ccc(-c4ccc(C(=O)O)c(Cl)c4)o3)C(=O)NC2=S)cc1. The Balaban J connectivity index is 1.65.